The molecule has 0 fully saturated rings. The smallest absolute Gasteiger partial charge is 0.266 e. The second-order valence-electron chi connectivity index (χ2n) is 3.70. The van der Waals surface area contributed by atoms with Gasteiger partial charge in [0, 0.05) is 18.6 Å². The monoisotopic (exact) mass is 285 g/mol. The molecule has 0 unspecified atom stereocenters. The Kier molecular flexibility index (Phi) is 3.64. The van der Waals surface area contributed by atoms with Gasteiger partial charge in [0.25, 0.3) is 5.91 Å². The molecule has 0 aliphatic rings. The summed E-state index contributed by atoms with van der Waals surface area (Å²) in [7, 11) is 0. The van der Waals surface area contributed by atoms with Gasteiger partial charge in [0.05, 0.1) is 5.56 Å². The van der Waals surface area contributed by atoms with Gasteiger partial charge in [-0.05, 0) is 24.3 Å². The van der Waals surface area contributed by atoms with Gasteiger partial charge in [-0.2, -0.15) is 13.2 Å². The van der Waals surface area contributed by atoms with E-state index < -0.39 is 28.6 Å². The van der Waals surface area contributed by atoms with Crippen molar-refractivity contribution in [1.29, 1.82) is 0 Å². The number of carbonyl (C=O) groups excluding carboxylic acids is 1. The van der Waals surface area contributed by atoms with Crippen LogP contribution in [-0.4, -0.2) is 15.9 Å². The normalized spacial score (nSPS) is 11.2. The summed E-state index contributed by atoms with van der Waals surface area (Å²) in [4.78, 5) is 18.4. The first kappa shape index (κ1) is 13.9. The molecule has 0 aliphatic carbocycles. The Hall–Kier alpha value is -2.51. The van der Waals surface area contributed by atoms with Crippen LogP contribution in [0, 0.1) is 0 Å². The fourth-order valence-corrected chi connectivity index (χ4v) is 1.49. The van der Waals surface area contributed by atoms with Gasteiger partial charge in [-0.3, -0.25) is 9.78 Å². The molecule has 4 nitrogen and oxygen atoms in total. The fourth-order valence-electron chi connectivity index (χ4n) is 1.49. The molecule has 2 heterocycles. The maximum absolute atomic E-state index is 13.9. The maximum atomic E-state index is 13.9. The fraction of sp³-hybridized carbons (Fsp3) is 0.0833. The van der Waals surface area contributed by atoms with Crippen molar-refractivity contribution in [2.24, 2.45) is 0 Å². The molecule has 0 spiro atoms. The van der Waals surface area contributed by atoms with Crippen LogP contribution in [0.3, 0.4) is 0 Å². The van der Waals surface area contributed by atoms with E-state index >= 15 is 0 Å². The molecule has 0 N–H and O–H groups in total. The number of alkyl halides is 3. The molecule has 0 saturated carbocycles. The van der Waals surface area contributed by atoms with Gasteiger partial charge in [0.15, 0.2) is 5.69 Å². The molecule has 2 aromatic heterocycles. The minimum Gasteiger partial charge on any atom is -0.266 e. The third-order valence-corrected chi connectivity index (χ3v) is 2.35. The molecule has 0 aromatic carbocycles. The van der Waals surface area contributed by atoms with E-state index in [-0.39, 0.29) is 5.56 Å². The number of rotatable bonds is 2. The Morgan fingerprint density at radius 1 is 1.15 bits per heavy atom. The average molecular weight is 285 g/mol. The summed E-state index contributed by atoms with van der Waals surface area (Å²) in [5.41, 5.74) is -2.61. The highest BCUT2D eigenvalue weighted by atomic mass is 19.4. The Morgan fingerprint density at radius 3 is 2.45 bits per heavy atom. The van der Waals surface area contributed by atoms with Crippen LogP contribution < -0.4 is 5.12 Å². The van der Waals surface area contributed by atoms with E-state index in [1.54, 1.807) is 0 Å². The molecule has 0 saturated heterocycles. The summed E-state index contributed by atoms with van der Waals surface area (Å²) in [5.74, 6) is -1.25. The van der Waals surface area contributed by atoms with Crippen molar-refractivity contribution >= 4 is 11.6 Å². The minimum absolute atomic E-state index is 0.174. The standard InChI is InChI=1S/C12H7F4N3O/c13-12(14,15)10-9(4-2-6-18-10)19(16)11(20)8-3-1-5-17-7-8/h1-7H. The molecule has 0 aliphatic heterocycles. The van der Waals surface area contributed by atoms with Crippen molar-refractivity contribution in [3.8, 4) is 0 Å². The molecule has 0 atom stereocenters. The van der Waals surface area contributed by atoms with Crippen molar-refractivity contribution < 1.29 is 22.4 Å². The second-order valence-corrected chi connectivity index (χ2v) is 3.70. The zero-order chi connectivity index (χ0) is 14.8. The lowest BCUT2D eigenvalue weighted by Crippen LogP contribution is -2.25. The number of hydrogen-bond acceptors (Lipinski definition) is 3. The van der Waals surface area contributed by atoms with Crippen LogP contribution in [0.25, 0.3) is 0 Å². The van der Waals surface area contributed by atoms with Crippen molar-refractivity contribution in [3.63, 3.8) is 0 Å². The van der Waals surface area contributed by atoms with E-state index in [0.717, 1.165) is 24.5 Å². The Bertz CT molecular complexity index is 616. The topological polar surface area (TPSA) is 46.1 Å². The van der Waals surface area contributed by atoms with E-state index in [2.05, 4.69) is 9.97 Å². The SMILES string of the molecule is O=C(c1cccnc1)N(F)c1cccnc1C(F)(F)F. The average Bonchev–Trinajstić information content (AvgIpc) is 2.46. The van der Waals surface area contributed by atoms with Crippen LogP contribution in [0.2, 0.25) is 0 Å². The van der Waals surface area contributed by atoms with Crippen LogP contribution in [0.15, 0.2) is 42.9 Å². The predicted molar refractivity (Wildman–Crippen MR) is 61.4 cm³/mol. The highest BCUT2D eigenvalue weighted by Gasteiger charge is 2.38. The van der Waals surface area contributed by atoms with Gasteiger partial charge in [-0.15, -0.1) is 5.12 Å². The molecule has 0 radical (unpaired) electrons. The summed E-state index contributed by atoms with van der Waals surface area (Å²) in [6.07, 6.45) is -1.59. The van der Waals surface area contributed by atoms with Gasteiger partial charge in [0.2, 0.25) is 0 Å². The summed E-state index contributed by atoms with van der Waals surface area (Å²) in [6, 6.07) is 4.54. The molecule has 8 heteroatoms. The molecule has 20 heavy (non-hydrogen) atoms. The van der Waals surface area contributed by atoms with E-state index in [1.165, 1.54) is 18.3 Å². The number of hydrogen-bond donors (Lipinski definition) is 0. The van der Waals surface area contributed by atoms with Gasteiger partial charge < -0.3 is 0 Å². The Morgan fingerprint density at radius 2 is 1.85 bits per heavy atom. The first-order valence-corrected chi connectivity index (χ1v) is 5.33. The largest absolute Gasteiger partial charge is 0.435 e. The van der Waals surface area contributed by atoms with Gasteiger partial charge in [-0.25, -0.2) is 4.98 Å². The van der Waals surface area contributed by atoms with Gasteiger partial charge in [-0.1, -0.05) is 4.48 Å². The lowest BCUT2D eigenvalue weighted by atomic mass is 10.2. The summed E-state index contributed by atoms with van der Waals surface area (Å²) in [6.45, 7) is 0. The molecule has 104 valence electrons. The van der Waals surface area contributed by atoms with Crippen LogP contribution in [0.4, 0.5) is 23.3 Å². The van der Waals surface area contributed by atoms with E-state index in [1.807, 2.05) is 0 Å². The quantitative estimate of drug-likeness (QED) is 0.629. The first-order chi connectivity index (χ1) is 9.41. The van der Waals surface area contributed by atoms with E-state index in [0.29, 0.717) is 0 Å². The third-order valence-electron chi connectivity index (χ3n) is 2.35. The van der Waals surface area contributed by atoms with Crippen molar-refractivity contribution in [1.82, 2.24) is 9.97 Å². The highest BCUT2D eigenvalue weighted by molar-refractivity contribution is 6.04. The van der Waals surface area contributed by atoms with Crippen molar-refractivity contribution in [3.05, 3.63) is 54.1 Å². The summed E-state index contributed by atoms with van der Waals surface area (Å²) < 4.78 is 52.0. The van der Waals surface area contributed by atoms with Crippen LogP contribution in [-0.2, 0) is 6.18 Å². The van der Waals surface area contributed by atoms with Crippen molar-refractivity contribution in [2.75, 3.05) is 5.12 Å². The molecular weight excluding hydrogens is 278 g/mol. The number of carbonyl (C=O) groups is 1. The zero-order valence-corrected chi connectivity index (χ0v) is 9.80. The maximum Gasteiger partial charge on any atom is 0.435 e. The molecule has 1 amide bonds. The summed E-state index contributed by atoms with van der Waals surface area (Å²) in [5, 5.41) is -0.590. The lowest BCUT2D eigenvalue weighted by molar-refractivity contribution is -0.140. The number of nitrogens with zero attached hydrogens (tertiary/aromatic N) is 3. The highest BCUT2D eigenvalue weighted by Crippen LogP contribution is 2.35. The molecule has 2 rings (SSSR count). The minimum atomic E-state index is -4.86. The van der Waals surface area contributed by atoms with E-state index in [9.17, 15) is 22.4 Å². The number of amides is 1. The Balaban J connectivity index is 2.40. The lowest BCUT2D eigenvalue weighted by Gasteiger charge is -2.16. The van der Waals surface area contributed by atoms with Gasteiger partial charge in [0.1, 0.15) is 5.69 Å². The second kappa shape index (κ2) is 5.24. The zero-order valence-electron chi connectivity index (χ0n) is 9.80. The molecule has 0 bridgehead atoms. The number of pyridine rings is 2. The van der Waals surface area contributed by atoms with Crippen molar-refractivity contribution in [2.45, 2.75) is 6.18 Å². The van der Waals surface area contributed by atoms with E-state index in [4.69, 9.17) is 0 Å². The predicted octanol–water partition coefficient (Wildman–Crippen LogP) is 3.03. The summed E-state index contributed by atoms with van der Waals surface area (Å²) >= 11 is 0. The van der Waals surface area contributed by atoms with Crippen LogP contribution >= 0.6 is 0 Å². The Labute approximate surface area is 110 Å². The van der Waals surface area contributed by atoms with Crippen LogP contribution in [0.5, 0.6) is 0 Å². The number of anilines is 1. The number of halogens is 4. The van der Waals surface area contributed by atoms with Crippen LogP contribution in [0.1, 0.15) is 16.1 Å². The molecule has 2 aromatic rings. The third kappa shape index (κ3) is 2.73. The molecular formula is C12H7F4N3O. The first-order valence-electron chi connectivity index (χ1n) is 5.33. The van der Waals surface area contributed by atoms with Gasteiger partial charge >= 0.3 is 6.18 Å². The number of aromatic nitrogens is 2.